The van der Waals surface area contributed by atoms with Gasteiger partial charge in [0.2, 0.25) is 0 Å². The van der Waals surface area contributed by atoms with Gasteiger partial charge < -0.3 is 14.2 Å². The molecule has 0 fully saturated rings. The van der Waals surface area contributed by atoms with Crippen molar-refractivity contribution in [2.24, 2.45) is 0 Å². The van der Waals surface area contributed by atoms with Gasteiger partial charge in [0.1, 0.15) is 11.9 Å². The normalized spacial score (nSPS) is 8.62. The molecule has 0 atom stereocenters. The Kier molecular flexibility index (Phi) is 4.74. The van der Waals surface area contributed by atoms with Crippen molar-refractivity contribution >= 4 is 5.97 Å². The van der Waals surface area contributed by atoms with Crippen LogP contribution >= 0.6 is 0 Å². The van der Waals surface area contributed by atoms with E-state index in [0.717, 1.165) is 0 Å². The zero-order valence-corrected chi connectivity index (χ0v) is 9.15. The van der Waals surface area contributed by atoms with Crippen molar-refractivity contribution in [3.63, 3.8) is 0 Å². The summed E-state index contributed by atoms with van der Waals surface area (Å²) in [6.45, 7) is 0.241. The first kappa shape index (κ1) is 11.9. The van der Waals surface area contributed by atoms with Crippen LogP contribution in [0.3, 0.4) is 0 Å². The van der Waals surface area contributed by atoms with E-state index in [4.69, 9.17) is 4.74 Å². The van der Waals surface area contributed by atoms with E-state index in [2.05, 4.69) is 21.5 Å². The van der Waals surface area contributed by atoms with Crippen LogP contribution in [0.2, 0.25) is 0 Å². The molecule has 0 heterocycles. The first-order chi connectivity index (χ1) is 7.77. The SMILES string of the molecule is COC#CCOc1ccc(C(=O)OC)cc1. The Bertz CT molecular complexity index is 397. The number of carbonyl (C=O) groups excluding carboxylic acids is 1. The molecule has 0 saturated heterocycles. The molecular formula is C12H12O4. The molecule has 16 heavy (non-hydrogen) atoms. The molecule has 0 aliphatic rings. The van der Waals surface area contributed by atoms with Crippen LogP contribution in [0.5, 0.6) is 5.75 Å². The first-order valence-electron chi connectivity index (χ1n) is 4.60. The molecule has 1 aromatic rings. The lowest BCUT2D eigenvalue weighted by atomic mass is 10.2. The molecular weight excluding hydrogens is 208 g/mol. The summed E-state index contributed by atoms with van der Waals surface area (Å²) in [6, 6.07) is 6.62. The topological polar surface area (TPSA) is 44.8 Å². The van der Waals surface area contributed by atoms with E-state index in [9.17, 15) is 4.79 Å². The minimum Gasteiger partial charge on any atom is -0.481 e. The molecule has 0 unspecified atom stereocenters. The predicted octanol–water partition coefficient (Wildman–Crippen LogP) is 1.46. The highest BCUT2D eigenvalue weighted by Crippen LogP contribution is 2.12. The molecule has 1 aromatic carbocycles. The van der Waals surface area contributed by atoms with Crippen molar-refractivity contribution in [1.29, 1.82) is 0 Å². The fourth-order valence-electron chi connectivity index (χ4n) is 1.03. The fourth-order valence-corrected chi connectivity index (χ4v) is 1.03. The number of benzene rings is 1. The van der Waals surface area contributed by atoms with Crippen LogP contribution in [0.15, 0.2) is 24.3 Å². The minimum atomic E-state index is -0.370. The summed E-state index contributed by atoms with van der Waals surface area (Å²) in [7, 11) is 2.82. The third-order valence-electron chi connectivity index (χ3n) is 1.76. The van der Waals surface area contributed by atoms with Gasteiger partial charge in [-0.05, 0) is 30.2 Å². The molecule has 4 heteroatoms. The average Bonchev–Trinajstić information content (AvgIpc) is 2.34. The lowest BCUT2D eigenvalue weighted by Crippen LogP contribution is -2.01. The van der Waals surface area contributed by atoms with Gasteiger partial charge in [-0.3, -0.25) is 0 Å². The molecule has 0 aliphatic carbocycles. The molecule has 0 radical (unpaired) electrons. The van der Waals surface area contributed by atoms with Crippen LogP contribution in [0.1, 0.15) is 10.4 Å². The quantitative estimate of drug-likeness (QED) is 0.571. The number of carbonyl (C=O) groups is 1. The maximum absolute atomic E-state index is 11.1. The number of rotatable bonds is 3. The summed E-state index contributed by atoms with van der Waals surface area (Å²) in [6.07, 6.45) is 2.41. The number of hydrogen-bond donors (Lipinski definition) is 0. The summed E-state index contributed by atoms with van der Waals surface area (Å²) in [4.78, 5) is 11.1. The molecule has 0 aliphatic heterocycles. The summed E-state index contributed by atoms with van der Waals surface area (Å²) in [5.41, 5.74) is 0.484. The van der Waals surface area contributed by atoms with Crippen LogP contribution in [-0.2, 0) is 9.47 Å². The van der Waals surface area contributed by atoms with E-state index in [0.29, 0.717) is 11.3 Å². The number of methoxy groups -OCH3 is 2. The Hall–Kier alpha value is -2.15. The highest BCUT2D eigenvalue weighted by Gasteiger charge is 2.03. The van der Waals surface area contributed by atoms with Crippen molar-refractivity contribution in [2.45, 2.75) is 0 Å². The lowest BCUT2D eigenvalue weighted by molar-refractivity contribution is 0.0600. The van der Waals surface area contributed by atoms with Crippen LogP contribution in [0.4, 0.5) is 0 Å². The van der Waals surface area contributed by atoms with Crippen molar-refractivity contribution < 1.29 is 19.0 Å². The van der Waals surface area contributed by atoms with Crippen molar-refractivity contribution in [1.82, 2.24) is 0 Å². The van der Waals surface area contributed by atoms with E-state index in [1.165, 1.54) is 14.2 Å². The zero-order chi connectivity index (χ0) is 11.8. The van der Waals surface area contributed by atoms with E-state index in [1.54, 1.807) is 24.3 Å². The third kappa shape index (κ3) is 3.54. The van der Waals surface area contributed by atoms with Gasteiger partial charge in [-0.25, -0.2) is 4.79 Å². The highest BCUT2D eigenvalue weighted by atomic mass is 16.5. The zero-order valence-electron chi connectivity index (χ0n) is 9.15. The Morgan fingerprint density at radius 3 is 2.50 bits per heavy atom. The van der Waals surface area contributed by atoms with Gasteiger partial charge in [-0.15, -0.1) is 0 Å². The first-order valence-corrected chi connectivity index (χ1v) is 4.60. The Morgan fingerprint density at radius 2 is 1.94 bits per heavy atom. The Balaban J connectivity index is 2.54. The number of hydrogen-bond acceptors (Lipinski definition) is 4. The Labute approximate surface area is 94.1 Å². The molecule has 0 amide bonds. The summed E-state index contributed by atoms with van der Waals surface area (Å²) < 4.78 is 14.4. The van der Waals surface area contributed by atoms with E-state index in [-0.39, 0.29) is 12.6 Å². The molecule has 0 N–H and O–H groups in total. The fraction of sp³-hybridized carbons (Fsp3) is 0.250. The number of ether oxygens (including phenoxy) is 3. The van der Waals surface area contributed by atoms with Gasteiger partial charge in [0.05, 0.1) is 19.8 Å². The lowest BCUT2D eigenvalue weighted by Gasteiger charge is -2.02. The smallest absolute Gasteiger partial charge is 0.337 e. The maximum Gasteiger partial charge on any atom is 0.337 e. The van der Waals surface area contributed by atoms with E-state index >= 15 is 0 Å². The van der Waals surface area contributed by atoms with Gasteiger partial charge >= 0.3 is 5.97 Å². The highest BCUT2D eigenvalue weighted by molar-refractivity contribution is 5.89. The maximum atomic E-state index is 11.1. The van der Waals surface area contributed by atoms with Gasteiger partial charge in [0.25, 0.3) is 0 Å². The number of esters is 1. The standard InChI is InChI=1S/C12H12O4/c1-14-8-3-9-16-11-6-4-10(5-7-11)12(13)15-2/h4-7H,9H2,1-2H3. The second kappa shape index (κ2) is 6.36. The third-order valence-corrected chi connectivity index (χ3v) is 1.76. The molecule has 0 saturated carbocycles. The molecule has 4 nitrogen and oxygen atoms in total. The van der Waals surface area contributed by atoms with Crippen LogP contribution in [0.25, 0.3) is 0 Å². The van der Waals surface area contributed by atoms with Crippen molar-refractivity contribution in [3.8, 4) is 17.8 Å². The second-order valence-electron chi connectivity index (χ2n) is 2.79. The second-order valence-corrected chi connectivity index (χ2v) is 2.79. The molecule has 0 bridgehead atoms. The minimum absolute atomic E-state index is 0.241. The Morgan fingerprint density at radius 1 is 1.25 bits per heavy atom. The van der Waals surface area contributed by atoms with Crippen LogP contribution in [-0.4, -0.2) is 26.8 Å². The molecule has 1 rings (SSSR count). The monoisotopic (exact) mass is 220 g/mol. The summed E-state index contributed by atoms with van der Waals surface area (Å²) >= 11 is 0. The largest absolute Gasteiger partial charge is 0.481 e. The van der Waals surface area contributed by atoms with E-state index < -0.39 is 0 Å². The van der Waals surface area contributed by atoms with Crippen LogP contribution in [0, 0.1) is 12.0 Å². The van der Waals surface area contributed by atoms with E-state index in [1.807, 2.05) is 0 Å². The van der Waals surface area contributed by atoms with Crippen LogP contribution < -0.4 is 4.74 Å². The van der Waals surface area contributed by atoms with Gasteiger partial charge in [-0.2, -0.15) is 0 Å². The molecule has 84 valence electrons. The summed E-state index contributed by atoms with van der Waals surface area (Å²) in [5, 5.41) is 0. The predicted molar refractivity (Wildman–Crippen MR) is 58.1 cm³/mol. The van der Waals surface area contributed by atoms with Crippen molar-refractivity contribution in [3.05, 3.63) is 29.8 Å². The summed E-state index contributed by atoms with van der Waals surface area (Å²) in [5.74, 6) is 2.91. The van der Waals surface area contributed by atoms with Gasteiger partial charge in [-0.1, -0.05) is 0 Å². The van der Waals surface area contributed by atoms with Gasteiger partial charge in [0, 0.05) is 0 Å². The molecule has 0 aromatic heterocycles. The van der Waals surface area contributed by atoms with Crippen molar-refractivity contribution in [2.75, 3.05) is 20.8 Å². The van der Waals surface area contributed by atoms with Gasteiger partial charge in [0.15, 0.2) is 6.61 Å². The molecule has 0 spiro atoms. The average molecular weight is 220 g/mol.